The van der Waals surface area contributed by atoms with Gasteiger partial charge in [0.1, 0.15) is 5.75 Å². The highest BCUT2D eigenvalue weighted by Crippen LogP contribution is 2.21. The number of aryl methyl sites for hydroxylation is 1. The van der Waals surface area contributed by atoms with Crippen molar-refractivity contribution in [1.82, 2.24) is 4.90 Å². The van der Waals surface area contributed by atoms with Gasteiger partial charge >= 0.3 is 6.61 Å². The fourth-order valence-electron chi connectivity index (χ4n) is 2.24. The van der Waals surface area contributed by atoms with Gasteiger partial charge in [0, 0.05) is 13.1 Å². The molecule has 5 heteroatoms. The van der Waals surface area contributed by atoms with Gasteiger partial charge in [-0.25, -0.2) is 0 Å². The maximum absolute atomic E-state index is 12.3. The third kappa shape index (κ3) is 4.76. The predicted molar refractivity (Wildman–Crippen MR) is 68.7 cm³/mol. The topological polar surface area (TPSA) is 21.7 Å². The third-order valence-corrected chi connectivity index (χ3v) is 3.21. The van der Waals surface area contributed by atoms with Gasteiger partial charge in [0.15, 0.2) is 0 Å². The standard InChI is InChI=1S/C14H19F2NO2/c15-14(16)19-13-6-2-1-4-12(13)5-3-7-17-8-10-18-11-9-17/h1-2,4,6,14H,3,5,7-11H2. The molecule has 0 aromatic heterocycles. The monoisotopic (exact) mass is 271 g/mol. The molecule has 0 saturated carbocycles. The van der Waals surface area contributed by atoms with Gasteiger partial charge in [-0.3, -0.25) is 4.90 Å². The number of morpholine rings is 1. The molecule has 1 saturated heterocycles. The molecule has 2 rings (SSSR count). The van der Waals surface area contributed by atoms with Crippen LogP contribution in [0.1, 0.15) is 12.0 Å². The minimum Gasteiger partial charge on any atom is -0.435 e. The Bertz CT molecular complexity index is 381. The van der Waals surface area contributed by atoms with E-state index in [9.17, 15) is 8.78 Å². The Morgan fingerprint density at radius 2 is 1.95 bits per heavy atom. The molecule has 1 aliphatic rings. The van der Waals surface area contributed by atoms with E-state index in [0.717, 1.165) is 51.3 Å². The van der Waals surface area contributed by atoms with E-state index in [1.54, 1.807) is 12.1 Å². The van der Waals surface area contributed by atoms with Crippen LogP contribution in [-0.2, 0) is 11.2 Å². The second-order valence-corrected chi connectivity index (χ2v) is 4.54. The summed E-state index contributed by atoms with van der Waals surface area (Å²) in [6, 6.07) is 7.00. The summed E-state index contributed by atoms with van der Waals surface area (Å²) >= 11 is 0. The van der Waals surface area contributed by atoms with Crippen molar-refractivity contribution in [3.63, 3.8) is 0 Å². The van der Waals surface area contributed by atoms with Crippen LogP contribution in [0.15, 0.2) is 24.3 Å². The van der Waals surface area contributed by atoms with Gasteiger partial charge in [-0.2, -0.15) is 8.78 Å². The van der Waals surface area contributed by atoms with Crippen molar-refractivity contribution in [3.05, 3.63) is 29.8 Å². The Morgan fingerprint density at radius 3 is 2.68 bits per heavy atom. The summed E-state index contributed by atoms with van der Waals surface area (Å²) in [5, 5.41) is 0. The van der Waals surface area contributed by atoms with E-state index >= 15 is 0 Å². The molecule has 0 bridgehead atoms. The molecular weight excluding hydrogens is 252 g/mol. The summed E-state index contributed by atoms with van der Waals surface area (Å²) in [7, 11) is 0. The first-order chi connectivity index (χ1) is 9.25. The van der Waals surface area contributed by atoms with E-state index < -0.39 is 6.61 Å². The molecule has 1 fully saturated rings. The van der Waals surface area contributed by atoms with Crippen LogP contribution in [-0.4, -0.2) is 44.4 Å². The Hall–Kier alpha value is -1.20. The Kier molecular flexibility index (Phi) is 5.54. The first-order valence-electron chi connectivity index (χ1n) is 6.58. The zero-order chi connectivity index (χ0) is 13.5. The van der Waals surface area contributed by atoms with Crippen LogP contribution in [0.2, 0.25) is 0 Å². The number of rotatable bonds is 6. The van der Waals surface area contributed by atoms with Crippen molar-refractivity contribution >= 4 is 0 Å². The second-order valence-electron chi connectivity index (χ2n) is 4.54. The minimum absolute atomic E-state index is 0.291. The van der Waals surface area contributed by atoms with Crippen molar-refractivity contribution in [2.45, 2.75) is 19.5 Å². The number of hydrogen-bond acceptors (Lipinski definition) is 3. The molecule has 0 aliphatic carbocycles. The van der Waals surface area contributed by atoms with Crippen molar-refractivity contribution in [2.75, 3.05) is 32.8 Å². The van der Waals surface area contributed by atoms with E-state index in [1.165, 1.54) is 0 Å². The van der Waals surface area contributed by atoms with E-state index in [0.29, 0.717) is 5.75 Å². The number of hydrogen-bond donors (Lipinski definition) is 0. The molecular formula is C14H19F2NO2. The van der Waals surface area contributed by atoms with Gasteiger partial charge in [0.2, 0.25) is 0 Å². The normalized spacial score (nSPS) is 16.8. The van der Waals surface area contributed by atoms with Crippen LogP contribution in [0.3, 0.4) is 0 Å². The number of ether oxygens (including phenoxy) is 2. The van der Waals surface area contributed by atoms with E-state index in [-0.39, 0.29) is 0 Å². The molecule has 0 N–H and O–H groups in total. The average molecular weight is 271 g/mol. The van der Waals surface area contributed by atoms with Crippen LogP contribution in [0.25, 0.3) is 0 Å². The maximum atomic E-state index is 12.3. The molecule has 1 aromatic carbocycles. The summed E-state index contributed by atoms with van der Waals surface area (Å²) < 4.78 is 34.3. The highest BCUT2D eigenvalue weighted by atomic mass is 19.3. The molecule has 106 valence electrons. The number of para-hydroxylation sites is 1. The van der Waals surface area contributed by atoms with Crippen molar-refractivity contribution in [2.24, 2.45) is 0 Å². The van der Waals surface area contributed by atoms with Crippen LogP contribution in [0, 0.1) is 0 Å². The average Bonchev–Trinajstić information content (AvgIpc) is 2.41. The molecule has 0 amide bonds. The second kappa shape index (κ2) is 7.40. The molecule has 19 heavy (non-hydrogen) atoms. The van der Waals surface area contributed by atoms with Gasteiger partial charge in [-0.15, -0.1) is 0 Å². The van der Waals surface area contributed by atoms with E-state index in [2.05, 4.69) is 9.64 Å². The lowest BCUT2D eigenvalue weighted by atomic mass is 10.1. The van der Waals surface area contributed by atoms with Crippen molar-refractivity contribution < 1.29 is 18.3 Å². The van der Waals surface area contributed by atoms with E-state index in [1.807, 2.05) is 12.1 Å². The molecule has 1 aromatic rings. The van der Waals surface area contributed by atoms with Gasteiger partial charge < -0.3 is 9.47 Å². The third-order valence-electron chi connectivity index (χ3n) is 3.21. The lowest BCUT2D eigenvalue weighted by Gasteiger charge is -2.26. The lowest BCUT2D eigenvalue weighted by molar-refractivity contribution is -0.0504. The molecule has 1 aliphatic heterocycles. The zero-order valence-corrected chi connectivity index (χ0v) is 10.9. The Labute approximate surface area is 112 Å². The number of halogens is 2. The SMILES string of the molecule is FC(F)Oc1ccccc1CCCN1CCOCC1. The lowest BCUT2D eigenvalue weighted by Crippen LogP contribution is -2.36. The van der Waals surface area contributed by atoms with E-state index in [4.69, 9.17) is 4.74 Å². The summed E-state index contributed by atoms with van der Waals surface area (Å²) in [6.07, 6.45) is 1.68. The summed E-state index contributed by atoms with van der Waals surface area (Å²) in [5.74, 6) is 0.291. The molecule has 1 heterocycles. The van der Waals surface area contributed by atoms with Gasteiger partial charge in [-0.1, -0.05) is 18.2 Å². The maximum Gasteiger partial charge on any atom is 0.387 e. The highest BCUT2D eigenvalue weighted by molar-refractivity contribution is 5.33. The van der Waals surface area contributed by atoms with Gasteiger partial charge in [0.25, 0.3) is 0 Å². The van der Waals surface area contributed by atoms with Crippen LogP contribution in [0.4, 0.5) is 8.78 Å². The van der Waals surface area contributed by atoms with Gasteiger partial charge in [-0.05, 0) is 31.0 Å². The molecule has 0 unspecified atom stereocenters. The van der Waals surface area contributed by atoms with Crippen LogP contribution >= 0.6 is 0 Å². The first-order valence-corrected chi connectivity index (χ1v) is 6.58. The Morgan fingerprint density at radius 1 is 1.21 bits per heavy atom. The summed E-state index contributed by atoms with van der Waals surface area (Å²) in [5.41, 5.74) is 0.844. The first kappa shape index (κ1) is 14.2. The minimum atomic E-state index is -2.76. The fourth-order valence-corrected chi connectivity index (χ4v) is 2.24. The number of alkyl halides is 2. The molecule has 3 nitrogen and oxygen atoms in total. The van der Waals surface area contributed by atoms with Crippen LogP contribution in [0.5, 0.6) is 5.75 Å². The summed E-state index contributed by atoms with van der Waals surface area (Å²) in [4.78, 5) is 2.33. The summed E-state index contributed by atoms with van der Waals surface area (Å²) in [6.45, 7) is 1.67. The Balaban J connectivity index is 1.81. The molecule has 0 radical (unpaired) electrons. The largest absolute Gasteiger partial charge is 0.435 e. The number of benzene rings is 1. The highest BCUT2D eigenvalue weighted by Gasteiger charge is 2.11. The van der Waals surface area contributed by atoms with Gasteiger partial charge in [0.05, 0.1) is 13.2 Å². The van der Waals surface area contributed by atoms with Crippen LogP contribution < -0.4 is 4.74 Å². The fraction of sp³-hybridized carbons (Fsp3) is 0.571. The van der Waals surface area contributed by atoms with Crippen molar-refractivity contribution in [3.8, 4) is 5.75 Å². The number of nitrogens with zero attached hydrogens (tertiary/aromatic N) is 1. The van der Waals surface area contributed by atoms with Crippen molar-refractivity contribution in [1.29, 1.82) is 0 Å². The molecule has 0 spiro atoms. The quantitative estimate of drug-likeness (QED) is 0.793. The molecule has 0 atom stereocenters. The predicted octanol–water partition coefficient (Wildman–Crippen LogP) is 2.55. The smallest absolute Gasteiger partial charge is 0.387 e. The zero-order valence-electron chi connectivity index (χ0n) is 10.9.